The second-order valence-corrected chi connectivity index (χ2v) is 5.92. The van der Waals surface area contributed by atoms with Crippen LogP contribution in [0.3, 0.4) is 0 Å². The Labute approximate surface area is 118 Å². The molecule has 1 atom stereocenters. The van der Waals surface area contributed by atoms with E-state index in [1.165, 1.54) is 4.88 Å². The van der Waals surface area contributed by atoms with Crippen molar-refractivity contribution in [3.8, 4) is 5.75 Å². The van der Waals surface area contributed by atoms with Crippen LogP contribution in [0.15, 0.2) is 30.3 Å². The average molecular weight is 276 g/mol. The van der Waals surface area contributed by atoms with Gasteiger partial charge in [0, 0.05) is 17.5 Å². The third kappa shape index (κ3) is 4.04. The molecule has 4 heteroatoms. The molecule has 1 heterocycles. The van der Waals surface area contributed by atoms with Crippen LogP contribution in [-0.4, -0.2) is 18.1 Å². The summed E-state index contributed by atoms with van der Waals surface area (Å²) in [6.45, 7) is 7.79. The zero-order valence-corrected chi connectivity index (χ0v) is 12.5. The van der Waals surface area contributed by atoms with Crippen LogP contribution in [0.5, 0.6) is 5.75 Å². The fourth-order valence-electron chi connectivity index (χ4n) is 2.00. The number of hydrogen-bond acceptors (Lipinski definition) is 4. The van der Waals surface area contributed by atoms with Crippen molar-refractivity contribution in [2.75, 3.05) is 13.2 Å². The molecule has 0 saturated heterocycles. The minimum atomic E-state index is 0.268. The molecule has 1 aromatic carbocycles. The highest BCUT2D eigenvalue weighted by Gasteiger charge is 2.12. The normalized spacial score (nSPS) is 12.4. The maximum atomic E-state index is 5.65. The van der Waals surface area contributed by atoms with E-state index < -0.39 is 0 Å². The van der Waals surface area contributed by atoms with Crippen molar-refractivity contribution in [2.45, 2.75) is 26.8 Å². The van der Waals surface area contributed by atoms with Crippen molar-refractivity contribution in [3.05, 3.63) is 45.9 Å². The van der Waals surface area contributed by atoms with E-state index in [-0.39, 0.29) is 6.04 Å². The van der Waals surface area contributed by atoms with Crippen LogP contribution >= 0.6 is 11.3 Å². The Balaban J connectivity index is 1.75. The molecule has 2 aromatic rings. The highest BCUT2D eigenvalue weighted by Crippen LogP contribution is 2.22. The molecule has 2 rings (SSSR count). The number of aromatic nitrogens is 1. The van der Waals surface area contributed by atoms with Crippen molar-refractivity contribution in [3.63, 3.8) is 0 Å². The van der Waals surface area contributed by atoms with Gasteiger partial charge in [0.2, 0.25) is 0 Å². The summed E-state index contributed by atoms with van der Waals surface area (Å²) in [4.78, 5) is 5.86. The summed E-state index contributed by atoms with van der Waals surface area (Å²) < 4.78 is 5.65. The Morgan fingerprint density at radius 3 is 2.63 bits per heavy atom. The van der Waals surface area contributed by atoms with Crippen LogP contribution < -0.4 is 10.1 Å². The fraction of sp³-hybridized carbons (Fsp3) is 0.400. The molecule has 1 unspecified atom stereocenters. The van der Waals surface area contributed by atoms with E-state index in [2.05, 4.69) is 24.1 Å². The van der Waals surface area contributed by atoms with Crippen molar-refractivity contribution < 1.29 is 4.74 Å². The molecule has 0 spiro atoms. The maximum absolute atomic E-state index is 5.65. The monoisotopic (exact) mass is 276 g/mol. The lowest BCUT2D eigenvalue weighted by atomic mass is 10.2. The molecule has 0 aliphatic heterocycles. The van der Waals surface area contributed by atoms with Crippen molar-refractivity contribution in [2.24, 2.45) is 0 Å². The predicted molar refractivity (Wildman–Crippen MR) is 79.9 cm³/mol. The van der Waals surface area contributed by atoms with Gasteiger partial charge >= 0.3 is 0 Å². The molecule has 1 aromatic heterocycles. The molecule has 19 heavy (non-hydrogen) atoms. The van der Waals surface area contributed by atoms with Crippen LogP contribution in [-0.2, 0) is 0 Å². The summed E-state index contributed by atoms with van der Waals surface area (Å²) in [5, 5.41) is 4.57. The summed E-state index contributed by atoms with van der Waals surface area (Å²) in [5.74, 6) is 0.914. The Bertz CT molecular complexity index is 510. The third-order valence-electron chi connectivity index (χ3n) is 2.91. The lowest BCUT2D eigenvalue weighted by Crippen LogP contribution is -2.25. The Morgan fingerprint density at radius 2 is 2.00 bits per heavy atom. The highest BCUT2D eigenvalue weighted by atomic mass is 32.1. The summed E-state index contributed by atoms with van der Waals surface area (Å²) >= 11 is 1.75. The number of nitrogens with zero attached hydrogens (tertiary/aromatic N) is 1. The molecule has 0 fully saturated rings. The van der Waals surface area contributed by atoms with E-state index in [4.69, 9.17) is 4.74 Å². The zero-order chi connectivity index (χ0) is 13.7. The van der Waals surface area contributed by atoms with Crippen LogP contribution in [0.25, 0.3) is 0 Å². The lowest BCUT2D eigenvalue weighted by molar-refractivity contribution is 0.307. The number of rotatable bonds is 6. The number of para-hydroxylation sites is 1. The van der Waals surface area contributed by atoms with Crippen molar-refractivity contribution in [1.82, 2.24) is 10.3 Å². The van der Waals surface area contributed by atoms with E-state index in [9.17, 15) is 0 Å². The van der Waals surface area contributed by atoms with Gasteiger partial charge in [0.25, 0.3) is 0 Å². The number of thiazole rings is 1. The second kappa shape index (κ2) is 6.68. The number of ether oxygens (including phenoxy) is 1. The number of hydrogen-bond donors (Lipinski definition) is 1. The fourth-order valence-corrected chi connectivity index (χ4v) is 2.92. The van der Waals surface area contributed by atoms with Crippen molar-refractivity contribution in [1.29, 1.82) is 0 Å². The van der Waals surface area contributed by atoms with E-state index >= 15 is 0 Å². The zero-order valence-electron chi connectivity index (χ0n) is 11.6. The molecular formula is C15H20N2OS. The van der Waals surface area contributed by atoms with Crippen LogP contribution in [0.4, 0.5) is 0 Å². The summed E-state index contributed by atoms with van der Waals surface area (Å²) in [6, 6.07) is 10.2. The first-order chi connectivity index (χ1) is 9.16. The largest absolute Gasteiger partial charge is 0.492 e. The first-order valence-corrected chi connectivity index (χ1v) is 7.33. The van der Waals surface area contributed by atoms with Gasteiger partial charge in [-0.15, -0.1) is 11.3 Å². The van der Waals surface area contributed by atoms with Crippen LogP contribution in [0, 0.1) is 13.8 Å². The molecule has 0 amide bonds. The molecule has 0 saturated carbocycles. The first-order valence-electron chi connectivity index (χ1n) is 6.52. The smallest absolute Gasteiger partial charge is 0.119 e. The number of nitrogens with one attached hydrogen (secondary N) is 1. The van der Waals surface area contributed by atoms with E-state index in [1.54, 1.807) is 11.3 Å². The Kier molecular flexibility index (Phi) is 4.93. The topological polar surface area (TPSA) is 34.2 Å². The summed E-state index contributed by atoms with van der Waals surface area (Å²) in [6.07, 6.45) is 0. The van der Waals surface area contributed by atoms with Gasteiger partial charge in [0.05, 0.1) is 10.7 Å². The molecule has 3 nitrogen and oxygen atoms in total. The van der Waals surface area contributed by atoms with Gasteiger partial charge in [-0.2, -0.15) is 0 Å². The number of benzene rings is 1. The standard InChI is InChI=1S/C15H20N2OS/c1-11(15-12(2)19-13(3)17-15)16-9-10-18-14-7-5-4-6-8-14/h4-8,11,16H,9-10H2,1-3H3. The SMILES string of the molecule is Cc1nc(C(C)NCCOc2ccccc2)c(C)s1. The minimum absolute atomic E-state index is 0.268. The maximum Gasteiger partial charge on any atom is 0.119 e. The molecule has 1 N–H and O–H groups in total. The van der Waals surface area contributed by atoms with Gasteiger partial charge in [-0.1, -0.05) is 18.2 Å². The molecule has 0 aliphatic rings. The Hall–Kier alpha value is -1.39. The average Bonchev–Trinajstić information content (AvgIpc) is 2.75. The highest BCUT2D eigenvalue weighted by molar-refractivity contribution is 7.11. The quantitative estimate of drug-likeness (QED) is 0.820. The van der Waals surface area contributed by atoms with Gasteiger partial charge in [0.1, 0.15) is 12.4 Å². The van der Waals surface area contributed by atoms with Crippen molar-refractivity contribution >= 4 is 11.3 Å². The lowest BCUT2D eigenvalue weighted by Gasteiger charge is -2.13. The summed E-state index contributed by atoms with van der Waals surface area (Å²) in [7, 11) is 0. The van der Waals surface area contributed by atoms with Gasteiger partial charge in [-0.05, 0) is 32.9 Å². The third-order valence-corrected chi connectivity index (χ3v) is 3.82. The van der Waals surface area contributed by atoms with Gasteiger partial charge in [0.15, 0.2) is 0 Å². The Morgan fingerprint density at radius 1 is 1.26 bits per heavy atom. The minimum Gasteiger partial charge on any atom is -0.492 e. The molecule has 0 bridgehead atoms. The van der Waals surface area contributed by atoms with Gasteiger partial charge < -0.3 is 10.1 Å². The molecule has 102 valence electrons. The first kappa shape index (κ1) is 14.0. The molecule has 0 aliphatic carbocycles. The predicted octanol–water partition coefficient (Wildman–Crippen LogP) is 3.49. The van der Waals surface area contributed by atoms with E-state index in [1.807, 2.05) is 37.3 Å². The van der Waals surface area contributed by atoms with Gasteiger partial charge in [-0.3, -0.25) is 0 Å². The van der Waals surface area contributed by atoms with Crippen LogP contribution in [0.1, 0.15) is 28.5 Å². The molecular weight excluding hydrogens is 256 g/mol. The van der Waals surface area contributed by atoms with Crippen LogP contribution in [0.2, 0.25) is 0 Å². The van der Waals surface area contributed by atoms with E-state index in [0.717, 1.165) is 23.0 Å². The summed E-state index contributed by atoms with van der Waals surface area (Å²) in [5.41, 5.74) is 1.15. The number of aryl methyl sites for hydroxylation is 2. The molecule has 0 radical (unpaired) electrons. The second-order valence-electron chi connectivity index (χ2n) is 4.51. The van der Waals surface area contributed by atoms with Gasteiger partial charge in [-0.25, -0.2) is 4.98 Å². The van der Waals surface area contributed by atoms with E-state index in [0.29, 0.717) is 6.61 Å².